The minimum atomic E-state index is -0.618. The zero-order valence-electron chi connectivity index (χ0n) is 7.79. The smallest absolute Gasteiger partial charge is 0.322 e. The van der Waals surface area contributed by atoms with Crippen LogP contribution in [-0.2, 0) is 4.79 Å². The van der Waals surface area contributed by atoms with E-state index in [9.17, 15) is 9.59 Å². The van der Waals surface area contributed by atoms with Crippen LogP contribution in [0, 0.1) is 0 Å². The quantitative estimate of drug-likeness (QED) is 0.703. The van der Waals surface area contributed by atoms with Gasteiger partial charge in [0.25, 0.3) is 0 Å². The number of rotatable bonds is 2. The highest BCUT2D eigenvalue weighted by molar-refractivity contribution is 6.30. The van der Waals surface area contributed by atoms with Gasteiger partial charge in [-0.2, -0.15) is 0 Å². The lowest BCUT2D eigenvalue weighted by atomic mass is 10.3. The van der Waals surface area contributed by atoms with Gasteiger partial charge in [-0.25, -0.2) is 4.79 Å². The lowest BCUT2D eigenvalue weighted by Gasteiger charge is -2.05. The molecule has 0 aliphatic carbocycles. The number of benzene rings is 1. The summed E-state index contributed by atoms with van der Waals surface area (Å²) in [6.07, 6.45) is 0. The maximum absolute atomic E-state index is 11.1. The van der Waals surface area contributed by atoms with E-state index in [1.807, 2.05) is 5.32 Å². The van der Waals surface area contributed by atoms with Gasteiger partial charge < -0.3 is 11.1 Å². The van der Waals surface area contributed by atoms with Crippen molar-refractivity contribution in [3.63, 3.8) is 0 Å². The molecular weight excluding hydrogens is 218 g/mol. The second kappa shape index (κ2) is 5.33. The Morgan fingerprint density at radius 1 is 1.27 bits per heavy atom. The number of carbonyl (C=O) groups excluding carboxylic acids is 2. The first-order chi connectivity index (χ1) is 7.11. The van der Waals surface area contributed by atoms with Crippen molar-refractivity contribution in [2.75, 3.05) is 11.9 Å². The third-order valence-corrected chi connectivity index (χ3v) is 1.79. The zero-order chi connectivity index (χ0) is 11.3. The summed E-state index contributed by atoms with van der Waals surface area (Å²) in [5, 5.41) is 5.06. The summed E-state index contributed by atoms with van der Waals surface area (Å²) in [6.45, 7) is -0.228. The molecule has 0 spiro atoms. The molecule has 3 amide bonds. The van der Waals surface area contributed by atoms with Gasteiger partial charge in [-0.05, 0) is 24.3 Å². The average molecular weight is 228 g/mol. The van der Waals surface area contributed by atoms with Crippen molar-refractivity contribution in [1.29, 1.82) is 0 Å². The minimum Gasteiger partial charge on any atom is -0.322 e. The van der Waals surface area contributed by atoms with Gasteiger partial charge in [0, 0.05) is 10.7 Å². The van der Waals surface area contributed by atoms with Crippen LogP contribution in [0.15, 0.2) is 24.3 Å². The van der Waals surface area contributed by atoms with Crippen LogP contribution >= 0.6 is 11.6 Å². The molecule has 1 aromatic carbocycles. The maximum Gasteiger partial charge on any atom is 0.325 e. The predicted octanol–water partition coefficient (Wildman–Crippen LogP) is 0.947. The fourth-order valence-corrected chi connectivity index (χ4v) is 0.999. The Balaban J connectivity index is 2.51. The number of hydrogen-bond acceptors (Lipinski definition) is 3. The SMILES string of the molecule is NCC(=O)NC(=O)Nc1ccc(Cl)cc1. The van der Waals surface area contributed by atoms with Crippen molar-refractivity contribution < 1.29 is 9.59 Å². The Labute approximate surface area is 91.6 Å². The van der Waals surface area contributed by atoms with Gasteiger partial charge in [0.1, 0.15) is 0 Å². The zero-order valence-corrected chi connectivity index (χ0v) is 8.54. The molecule has 0 heterocycles. The highest BCUT2D eigenvalue weighted by Crippen LogP contribution is 2.12. The molecule has 6 heteroatoms. The molecule has 0 fully saturated rings. The molecule has 0 unspecified atom stereocenters. The third kappa shape index (κ3) is 3.97. The largest absolute Gasteiger partial charge is 0.325 e. The molecule has 0 aliphatic rings. The summed E-state index contributed by atoms with van der Waals surface area (Å²) in [5.74, 6) is -0.540. The number of carbonyl (C=O) groups is 2. The molecular formula is C9H10ClN3O2. The van der Waals surface area contributed by atoms with Crippen LogP contribution in [0.4, 0.5) is 10.5 Å². The Hall–Kier alpha value is -1.59. The average Bonchev–Trinajstić information content (AvgIpc) is 2.21. The number of anilines is 1. The van der Waals surface area contributed by atoms with Gasteiger partial charge in [0.2, 0.25) is 5.91 Å². The van der Waals surface area contributed by atoms with Gasteiger partial charge in [0.05, 0.1) is 6.54 Å². The predicted molar refractivity (Wildman–Crippen MR) is 57.7 cm³/mol. The molecule has 0 saturated carbocycles. The number of urea groups is 1. The van der Waals surface area contributed by atoms with E-state index in [1.54, 1.807) is 24.3 Å². The number of nitrogens with one attached hydrogen (secondary N) is 2. The molecule has 5 nitrogen and oxygen atoms in total. The number of nitrogens with two attached hydrogens (primary N) is 1. The molecule has 0 bridgehead atoms. The molecule has 1 rings (SSSR count). The lowest BCUT2D eigenvalue weighted by molar-refractivity contribution is -0.118. The van der Waals surface area contributed by atoms with Crippen molar-refractivity contribution in [3.8, 4) is 0 Å². The molecule has 0 atom stereocenters. The monoisotopic (exact) mass is 227 g/mol. The molecule has 0 radical (unpaired) electrons. The second-order valence-corrected chi connectivity index (χ2v) is 3.15. The molecule has 4 N–H and O–H groups in total. The topological polar surface area (TPSA) is 84.2 Å². The summed E-state index contributed by atoms with van der Waals surface area (Å²) in [4.78, 5) is 21.9. The molecule has 1 aromatic rings. The van der Waals surface area contributed by atoms with Gasteiger partial charge in [-0.15, -0.1) is 0 Å². The van der Waals surface area contributed by atoms with Crippen LogP contribution in [-0.4, -0.2) is 18.5 Å². The fraction of sp³-hybridized carbons (Fsp3) is 0.111. The Bertz CT molecular complexity index is 364. The van der Waals surface area contributed by atoms with Crippen LogP contribution in [0.25, 0.3) is 0 Å². The maximum atomic E-state index is 11.1. The van der Waals surface area contributed by atoms with Gasteiger partial charge >= 0.3 is 6.03 Å². The highest BCUT2D eigenvalue weighted by atomic mass is 35.5. The van der Waals surface area contributed by atoms with Crippen LogP contribution in [0.3, 0.4) is 0 Å². The van der Waals surface area contributed by atoms with Crippen LogP contribution in [0.2, 0.25) is 5.02 Å². The Morgan fingerprint density at radius 2 is 1.87 bits per heavy atom. The number of amides is 3. The molecule has 0 aliphatic heterocycles. The molecule has 0 aromatic heterocycles. The standard InChI is InChI=1S/C9H10ClN3O2/c10-6-1-3-7(4-2-6)12-9(15)13-8(14)5-11/h1-4H,5,11H2,(H2,12,13,14,15). The van der Waals surface area contributed by atoms with E-state index >= 15 is 0 Å². The third-order valence-electron chi connectivity index (χ3n) is 1.54. The first-order valence-corrected chi connectivity index (χ1v) is 4.56. The van der Waals surface area contributed by atoms with Gasteiger partial charge in [-0.3, -0.25) is 10.1 Å². The van der Waals surface area contributed by atoms with Crippen molar-refractivity contribution in [1.82, 2.24) is 5.32 Å². The van der Waals surface area contributed by atoms with Crippen LogP contribution in [0.1, 0.15) is 0 Å². The highest BCUT2D eigenvalue weighted by Gasteiger charge is 2.05. The lowest BCUT2D eigenvalue weighted by Crippen LogP contribution is -2.38. The normalized spacial score (nSPS) is 9.47. The second-order valence-electron chi connectivity index (χ2n) is 2.71. The van der Waals surface area contributed by atoms with Crippen molar-refractivity contribution in [3.05, 3.63) is 29.3 Å². The summed E-state index contributed by atoms with van der Waals surface area (Å²) in [5.41, 5.74) is 5.57. The van der Waals surface area contributed by atoms with Gasteiger partial charge in [0.15, 0.2) is 0 Å². The van der Waals surface area contributed by atoms with Crippen molar-refractivity contribution in [2.45, 2.75) is 0 Å². The summed E-state index contributed by atoms with van der Waals surface area (Å²) < 4.78 is 0. The minimum absolute atomic E-state index is 0.228. The van der Waals surface area contributed by atoms with Gasteiger partial charge in [-0.1, -0.05) is 11.6 Å². The van der Waals surface area contributed by atoms with Crippen LogP contribution in [0.5, 0.6) is 0 Å². The van der Waals surface area contributed by atoms with E-state index < -0.39 is 11.9 Å². The van der Waals surface area contributed by atoms with E-state index in [-0.39, 0.29) is 6.54 Å². The number of hydrogen-bond donors (Lipinski definition) is 3. The van der Waals surface area contributed by atoms with E-state index in [2.05, 4.69) is 5.32 Å². The summed E-state index contributed by atoms with van der Waals surface area (Å²) >= 11 is 5.66. The van der Waals surface area contributed by atoms with E-state index in [0.29, 0.717) is 10.7 Å². The van der Waals surface area contributed by atoms with E-state index in [0.717, 1.165) is 0 Å². The molecule has 80 valence electrons. The fourth-order valence-electron chi connectivity index (χ4n) is 0.873. The summed E-state index contributed by atoms with van der Waals surface area (Å²) in [7, 11) is 0. The van der Waals surface area contributed by atoms with Crippen molar-refractivity contribution in [2.24, 2.45) is 5.73 Å². The molecule has 15 heavy (non-hydrogen) atoms. The Morgan fingerprint density at radius 3 is 2.40 bits per heavy atom. The number of halogens is 1. The first kappa shape index (κ1) is 11.5. The Kier molecular flexibility index (Phi) is 4.08. The number of imide groups is 1. The summed E-state index contributed by atoms with van der Waals surface area (Å²) in [6, 6.07) is 5.88. The van der Waals surface area contributed by atoms with Crippen LogP contribution < -0.4 is 16.4 Å². The van der Waals surface area contributed by atoms with Crippen molar-refractivity contribution >= 4 is 29.2 Å². The van der Waals surface area contributed by atoms with E-state index in [4.69, 9.17) is 17.3 Å². The van der Waals surface area contributed by atoms with E-state index in [1.165, 1.54) is 0 Å². The first-order valence-electron chi connectivity index (χ1n) is 4.18. The molecule has 0 saturated heterocycles.